The number of para-hydroxylation sites is 1. The van der Waals surface area contributed by atoms with Gasteiger partial charge in [0.25, 0.3) is 0 Å². The molecule has 1 heterocycles. The van der Waals surface area contributed by atoms with Crippen LogP contribution in [0.2, 0.25) is 0 Å². The van der Waals surface area contributed by atoms with E-state index in [9.17, 15) is 12.8 Å². The SMILES string of the molecule is CCC(CNc1ccc2c(cnn2-c2ccc(F)cc2)c1)NS(=O)(=O)c1ccccc1N. The number of nitrogens with one attached hydrogen (secondary N) is 2. The highest BCUT2D eigenvalue weighted by Crippen LogP contribution is 2.23. The molecule has 0 spiro atoms. The van der Waals surface area contributed by atoms with E-state index in [-0.39, 0.29) is 22.4 Å². The van der Waals surface area contributed by atoms with Crippen molar-refractivity contribution in [2.75, 3.05) is 17.6 Å². The van der Waals surface area contributed by atoms with Crippen LogP contribution in [-0.2, 0) is 10.0 Å². The van der Waals surface area contributed by atoms with Crippen molar-refractivity contribution < 1.29 is 12.8 Å². The highest BCUT2D eigenvalue weighted by Gasteiger charge is 2.21. The highest BCUT2D eigenvalue weighted by molar-refractivity contribution is 7.89. The topological polar surface area (TPSA) is 102 Å². The molecule has 1 aromatic heterocycles. The minimum absolute atomic E-state index is 0.0769. The van der Waals surface area contributed by atoms with Crippen LogP contribution in [0.25, 0.3) is 16.6 Å². The number of hydrogen-bond acceptors (Lipinski definition) is 5. The molecular formula is C23H24FN5O2S. The maximum atomic E-state index is 13.2. The molecule has 9 heteroatoms. The van der Waals surface area contributed by atoms with Gasteiger partial charge in [0.05, 0.1) is 23.1 Å². The van der Waals surface area contributed by atoms with Gasteiger partial charge in [-0.05, 0) is 61.0 Å². The molecule has 0 amide bonds. The molecule has 32 heavy (non-hydrogen) atoms. The molecule has 0 saturated heterocycles. The van der Waals surface area contributed by atoms with Crippen molar-refractivity contribution >= 4 is 32.3 Å². The zero-order valence-electron chi connectivity index (χ0n) is 17.5. The Hall–Kier alpha value is -3.43. The van der Waals surface area contributed by atoms with E-state index in [0.717, 1.165) is 22.3 Å². The average Bonchev–Trinajstić information content (AvgIpc) is 3.20. The van der Waals surface area contributed by atoms with Crippen LogP contribution in [0.5, 0.6) is 0 Å². The summed E-state index contributed by atoms with van der Waals surface area (Å²) in [6.45, 7) is 2.32. The molecule has 4 aromatic rings. The van der Waals surface area contributed by atoms with Crippen LogP contribution in [0.1, 0.15) is 13.3 Å². The number of rotatable bonds is 8. The highest BCUT2D eigenvalue weighted by atomic mass is 32.2. The maximum Gasteiger partial charge on any atom is 0.242 e. The molecule has 166 valence electrons. The summed E-state index contributed by atoms with van der Waals surface area (Å²) in [6.07, 6.45) is 2.34. The number of fused-ring (bicyclic) bond motifs is 1. The third kappa shape index (κ3) is 4.58. The van der Waals surface area contributed by atoms with Gasteiger partial charge in [0, 0.05) is 23.7 Å². The van der Waals surface area contributed by atoms with Crippen LogP contribution in [0.3, 0.4) is 0 Å². The Morgan fingerprint density at radius 3 is 2.56 bits per heavy atom. The van der Waals surface area contributed by atoms with Crippen molar-refractivity contribution in [3.05, 3.63) is 78.7 Å². The summed E-state index contributed by atoms with van der Waals surface area (Å²) >= 11 is 0. The number of nitrogen functional groups attached to an aromatic ring is 1. The van der Waals surface area contributed by atoms with Crippen LogP contribution in [-0.4, -0.2) is 30.8 Å². The summed E-state index contributed by atoms with van der Waals surface area (Å²) in [7, 11) is -3.73. The molecule has 0 aliphatic rings. The predicted molar refractivity (Wildman–Crippen MR) is 125 cm³/mol. The standard InChI is InChI=1S/C23H24FN5O2S/c1-2-18(28-32(30,31)23-6-4-3-5-21(23)25)15-26-19-9-12-22-16(13-19)14-27-29(22)20-10-7-17(24)8-11-20/h3-14,18,26,28H,2,15,25H2,1H3. The molecule has 1 unspecified atom stereocenters. The van der Waals surface area contributed by atoms with Crippen LogP contribution >= 0.6 is 0 Å². The van der Waals surface area contributed by atoms with Crippen molar-refractivity contribution in [2.24, 2.45) is 0 Å². The van der Waals surface area contributed by atoms with Crippen molar-refractivity contribution in [3.8, 4) is 5.69 Å². The molecular weight excluding hydrogens is 429 g/mol. The summed E-state index contributed by atoms with van der Waals surface area (Å²) < 4.78 is 43.1. The van der Waals surface area contributed by atoms with Crippen LogP contribution < -0.4 is 15.8 Å². The molecule has 0 bridgehead atoms. The van der Waals surface area contributed by atoms with Crippen LogP contribution in [0.15, 0.2) is 77.8 Å². The third-order valence-electron chi connectivity index (χ3n) is 5.21. The lowest BCUT2D eigenvalue weighted by Gasteiger charge is -2.19. The Kier molecular flexibility index (Phi) is 6.11. The fourth-order valence-corrected chi connectivity index (χ4v) is 4.90. The Morgan fingerprint density at radius 2 is 1.84 bits per heavy atom. The van der Waals surface area contributed by atoms with Gasteiger partial charge in [-0.15, -0.1) is 0 Å². The van der Waals surface area contributed by atoms with Gasteiger partial charge < -0.3 is 11.1 Å². The molecule has 0 saturated carbocycles. The monoisotopic (exact) mass is 453 g/mol. The van der Waals surface area contributed by atoms with Gasteiger partial charge in [0.2, 0.25) is 10.0 Å². The lowest BCUT2D eigenvalue weighted by molar-refractivity contribution is 0.548. The van der Waals surface area contributed by atoms with Gasteiger partial charge in [-0.3, -0.25) is 0 Å². The third-order valence-corrected chi connectivity index (χ3v) is 6.81. The number of sulfonamides is 1. The van der Waals surface area contributed by atoms with E-state index in [1.807, 2.05) is 25.1 Å². The fraction of sp³-hybridized carbons (Fsp3) is 0.174. The van der Waals surface area contributed by atoms with Gasteiger partial charge >= 0.3 is 0 Å². The molecule has 0 aliphatic carbocycles. The Morgan fingerprint density at radius 1 is 1.09 bits per heavy atom. The first-order valence-electron chi connectivity index (χ1n) is 10.2. The van der Waals surface area contributed by atoms with E-state index in [0.29, 0.717) is 13.0 Å². The smallest absolute Gasteiger partial charge is 0.242 e. The van der Waals surface area contributed by atoms with Crippen molar-refractivity contribution in [1.29, 1.82) is 0 Å². The van der Waals surface area contributed by atoms with Gasteiger partial charge in [-0.25, -0.2) is 22.2 Å². The number of nitrogens with two attached hydrogens (primary N) is 1. The first-order chi connectivity index (χ1) is 15.4. The summed E-state index contributed by atoms with van der Waals surface area (Å²) in [5.41, 5.74) is 8.54. The summed E-state index contributed by atoms with van der Waals surface area (Å²) in [5.74, 6) is -0.298. The summed E-state index contributed by atoms with van der Waals surface area (Å²) in [4.78, 5) is 0.0769. The molecule has 0 aliphatic heterocycles. The minimum atomic E-state index is -3.73. The number of hydrogen-bond donors (Lipinski definition) is 3. The van der Waals surface area contributed by atoms with E-state index < -0.39 is 10.0 Å². The second-order valence-electron chi connectivity index (χ2n) is 7.45. The lowest BCUT2D eigenvalue weighted by Crippen LogP contribution is -2.39. The summed E-state index contributed by atoms with van der Waals surface area (Å²) in [6, 6.07) is 18.0. The molecule has 0 radical (unpaired) electrons. The average molecular weight is 454 g/mol. The van der Waals surface area contributed by atoms with E-state index in [4.69, 9.17) is 5.73 Å². The van der Waals surface area contributed by atoms with Crippen molar-refractivity contribution in [1.82, 2.24) is 14.5 Å². The number of nitrogens with zero attached hydrogens (tertiary/aromatic N) is 2. The normalized spacial score (nSPS) is 12.7. The number of anilines is 2. The zero-order chi connectivity index (χ0) is 22.7. The van der Waals surface area contributed by atoms with Crippen LogP contribution in [0, 0.1) is 5.82 Å². The van der Waals surface area contributed by atoms with Gasteiger partial charge in [0.15, 0.2) is 0 Å². The second-order valence-corrected chi connectivity index (χ2v) is 9.13. The Balaban J connectivity index is 1.47. The van der Waals surface area contributed by atoms with Crippen molar-refractivity contribution in [2.45, 2.75) is 24.3 Å². The van der Waals surface area contributed by atoms with Gasteiger partial charge in [-0.1, -0.05) is 19.1 Å². The van der Waals surface area contributed by atoms with E-state index >= 15 is 0 Å². The number of aromatic nitrogens is 2. The van der Waals surface area contributed by atoms with E-state index in [1.54, 1.807) is 41.2 Å². The maximum absolute atomic E-state index is 13.2. The van der Waals surface area contributed by atoms with Crippen molar-refractivity contribution in [3.63, 3.8) is 0 Å². The molecule has 4 N–H and O–H groups in total. The van der Waals surface area contributed by atoms with E-state index in [2.05, 4.69) is 15.1 Å². The van der Waals surface area contributed by atoms with E-state index in [1.165, 1.54) is 18.2 Å². The first-order valence-corrected chi connectivity index (χ1v) is 11.7. The quantitative estimate of drug-likeness (QED) is 0.351. The minimum Gasteiger partial charge on any atom is -0.398 e. The molecule has 3 aromatic carbocycles. The molecule has 4 rings (SSSR count). The second kappa shape index (κ2) is 8.97. The lowest BCUT2D eigenvalue weighted by atomic mass is 10.2. The Bertz CT molecular complexity index is 1340. The fourth-order valence-electron chi connectivity index (χ4n) is 3.45. The van der Waals surface area contributed by atoms with Gasteiger partial charge in [0.1, 0.15) is 10.7 Å². The predicted octanol–water partition coefficient (Wildman–Crippen LogP) is 3.92. The van der Waals surface area contributed by atoms with Crippen LogP contribution in [0.4, 0.5) is 15.8 Å². The summed E-state index contributed by atoms with van der Waals surface area (Å²) in [5, 5.41) is 8.60. The first kappa shape index (κ1) is 21.8. The number of benzene rings is 3. The largest absolute Gasteiger partial charge is 0.398 e. The molecule has 0 fully saturated rings. The number of halogens is 1. The molecule has 7 nitrogen and oxygen atoms in total. The molecule has 1 atom stereocenters. The Labute approximate surface area is 186 Å². The zero-order valence-corrected chi connectivity index (χ0v) is 18.3. The van der Waals surface area contributed by atoms with Gasteiger partial charge in [-0.2, -0.15) is 5.10 Å².